The van der Waals surface area contributed by atoms with E-state index in [0.29, 0.717) is 23.5 Å². The van der Waals surface area contributed by atoms with Crippen molar-refractivity contribution >= 4 is 5.91 Å². The lowest BCUT2D eigenvalue weighted by Gasteiger charge is -2.38. The molecule has 0 radical (unpaired) electrons. The Morgan fingerprint density at radius 1 is 1.59 bits per heavy atom. The predicted molar refractivity (Wildman–Crippen MR) is 64.8 cm³/mol. The second-order valence-corrected chi connectivity index (χ2v) is 4.98. The molecule has 0 spiro atoms. The van der Waals surface area contributed by atoms with Crippen LogP contribution < -0.4 is 10.5 Å². The molecule has 0 atom stereocenters. The van der Waals surface area contributed by atoms with Gasteiger partial charge in [0.25, 0.3) is 5.91 Å². The van der Waals surface area contributed by atoms with Crippen molar-refractivity contribution in [1.82, 2.24) is 4.98 Å². The van der Waals surface area contributed by atoms with Gasteiger partial charge < -0.3 is 10.5 Å². The molecule has 0 aliphatic heterocycles. The average molecular weight is 234 g/mol. The smallest absolute Gasteiger partial charge is 0.254 e. The highest BCUT2D eigenvalue weighted by Gasteiger charge is 2.31. The van der Waals surface area contributed by atoms with Crippen molar-refractivity contribution in [3.63, 3.8) is 0 Å². The summed E-state index contributed by atoms with van der Waals surface area (Å²) in [5.74, 6) is -0.147. The third-order valence-electron chi connectivity index (χ3n) is 3.54. The Bertz CT molecular complexity index is 414. The van der Waals surface area contributed by atoms with Crippen LogP contribution in [0.3, 0.4) is 0 Å². The van der Waals surface area contributed by atoms with E-state index in [0.717, 1.165) is 6.42 Å². The van der Waals surface area contributed by atoms with Gasteiger partial charge in [0.1, 0.15) is 5.56 Å². The van der Waals surface area contributed by atoms with Gasteiger partial charge in [-0.25, -0.2) is 4.98 Å². The van der Waals surface area contributed by atoms with Gasteiger partial charge >= 0.3 is 0 Å². The Morgan fingerprint density at radius 3 is 2.94 bits per heavy atom. The van der Waals surface area contributed by atoms with Crippen LogP contribution in [-0.4, -0.2) is 17.5 Å². The molecule has 1 amide bonds. The molecule has 1 saturated carbocycles. The van der Waals surface area contributed by atoms with E-state index in [2.05, 4.69) is 11.9 Å². The fraction of sp³-hybridized carbons (Fsp3) is 0.538. The minimum atomic E-state index is -0.497. The second-order valence-electron chi connectivity index (χ2n) is 4.98. The van der Waals surface area contributed by atoms with E-state index in [1.165, 1.54) is 19.3 Å². The second kappa shape index (κ2) is 4.73. The molecular formula is C13H18N2O2. The topological polar surface area (TPSA) is 65.2 Å². The number of primary amides is 1. The number of rotatable bonds is 5. The number of amides is 1. The Balaban J connectivity index is 1.92. The maximum Gasteiger partial charge on any atom is 0.254 e. The SMILES string of the molecule is CC1(CCOc2ncccc2C(N)=O)CCC1. The van der Waals surface area contributed by atoms with Crippen LogP contribution in [0.2, 0.25) is 0 Å². The summed E-state index contributed by atoms with van der Waals surface area (Å²) in [7, 11) is 0. The first-order valence-corrected chi connectivity index (χ1v) is 5.98. The number of carbonyl (C=O) groups is 1. The van der Waals surface area contributed by atoms with Crippen LogP contribution in [0.5, 0.6) is 5.88 Å². The summed E-state index contributed by atoms with van der Waals surface area (Å²) in [6.45, 7) is 2.86. The quantitative estimate of drug-likeness (QED) is 0.848. The van der Waals surface area contributed by atoms with Crippen molar-refractivity contribution in [2.24, 2.45) is 11.1 Å². The van der Waals surface area contributed by atoms with Gasteiger partial charge in [-0.15, -0.1) is 0 Å². The van der Waals surface area contributed by atoms with Gasteiger partial charge in [0, 0.05) is 6.20 Å². The van der Waals surface area contributed by atoms with Gasteiger partial charge in [-0.05, 0) is 36.8 Å². The van der Waals surface area contributed by atoms with Crippen LogP contribution in [0.15, 0.2) is 18.3 Å². The van der Waals surface area contributed by atoms with Crippen LogP contribution in [0.1, 0.15) is 43.0 Å². The summed E-state index contributed by atoms with van der Waals surface area (Å²) in [6, 6.07) is 3.32. The Labute approximate surface area is 101 Å². The average Bonchev–Trinajstić information content (AvgIpc) is 2.27. The molecular weight excluding hydrogens is 216 g/mol. The van der Waals surface area contributed by atoms with Crippen molar-refractivity contribution in [3.8, 4) is 5.88 Å². The summed E-state index contributed by atoms with van der Waals surface area (Å²) in [6.07, 6.45) is 6.45. The largest absolute Gasteiger partial charge is 0.477 e. The molecule has 1 aliphatic rings. The first-order valence-electron chi connectivity index (χ1n) is 5.98. The van der Waals surface area contributed by atoms with Gasteiger partial charge in [0.15, 0.2) is 0 Å². The van der Waals surface area contributed by atoms with Gasteiger partial charge in [-0.3, -0.25) is 4.79 Å². The van der Waals surface area contributed by atoms with Crippen molar-refractivity contribution in [3.05, 3.63) is 23.9 Å². The maximum atomic E-state index is 11.2. The van der Waals surface area contributed by atoms with Crippen LogP contribution in [0.4, 0.5) is 0 Å². The summed E-state index contributed by atoms with van der Waals surface area (Å²) in [5.41, 5.74) is 6.02. The van der Waals surface area contributed by atoms with E-state index in [1.54, 1.807) is 18.3 Å². The summed E-state index contributed by atoms with van der Waals surface area (Å²) >= 11 is 0. The predicted octanol–water partition coefficient (Wildman–Crippen LogP) is 2.14. The molecule has 92 valence electrons. The molecule has 1 fully saturated rings. The molecule has 0 aromatic carbocycles. The van der Waals surface area contributed by atoms with Crippen molar-refractivity contribution < 1.29 is 9.53 Å². The summed E-state index contributed by atoms with van der Waals surface area (Å²) in [5, 5.41) is 0. The fourth-order valence-electron chi connectivity index (χ4n) is 2.12. The zero-order valence-electron chi connectivity index (χ0n) is 10.1. The fourth-order valence-corrected chi connectivity index (χ4v) is 2.12. The molecule has 2 N–H and O–H groups in total. The van der Waals surface area contributed by atoms with Gasteiger partial charge in [0.2, 0.25) is 5.88 Å². The molecule has 2 rings (SSSR count). The number of hydrogen-bond acceptors (Lipinski definition) is 3. The van der Waals surface area contributed by atoms with Gasteiger partial charge in [-0.2, -0.15) is 0 Å². The molecule has 4 nitrogen and oxygen atoms in total. The molecule has 0 saturated heterocycles. The molecule has 0 bridgehead atoms. The van der Waals surface area contributed by atoms with Crippen molar-refractivity contribution in [2.45, 2.75) is 32.6 Å². The lowest BCUT2D eigenvalue weighted by Crippen LogP contribution is -2.27. The highest BCUT2D eigenvalue weighted by molar-refractivity contribution is 5.94. The number of aromatic nitrogens is 1. The lowest BCUT2D eigenvalue weighted by molar-refractivity contribution is 0.0986. The molecule has 1 aromatic rings. The zero-order valence-corrected chi connectivity index (χ0v) is 10.1. The minimum Gasteiger partial charge on any atom is -0.477 e. The standard InChI is InChI=1S/C13H18N2O2/c1-13(5-3-6-13)7-9-17-12-10(11(14)16)4-2-8-15-12/h2,4,8H,3,5-7,9H2,1H3,(H2,14,16). The molecule has 1 aliphatic carbocycles. The number of ether oxygens (including phenoxy) is 1. The highest BCUT2D eigenvalue weighted by atomic mass is 16.5. The van der Waals surface area contributed by atoms with Crippen LogP contribution >= 0.6 is 0 Å². The third kappa shape index (κ3) is 2.75. The number of nitrogens with two attached hydrogens (primary N) is 1. The van der Waals surface area contributed by atoms with Crippen LogP contribution in [-0.2, 0) is 0 Å². The van der Waals surface area contributed by atoms with Gasteiger partial charge in [0.05, 0.1) is 6.61 Å². The number of carbonyl (C=O) groups excluding carboxylic acids is 1. The summed E-state index contributed by atoms with van der Waals surface area (Å²) in [4.78, 5) is 15.2. The monoisotopic (exact) mass is 234 g/mol. The van der Waals surface area contributed by atoms with E-state index in [9.17, 15) is 4.79 Å². The minimum absolute atomic E-state index is 0.350. The Hall–Kier alpha value is -1.58. The Morgan fingerprint density at radius 2 is 2.35 bits per heavy atom. The van der Waals surface area contributed by atoms with Crippen LogP contribution in [0, 0.1) is 5.41 Å². The van der Waals surface area contributed by atoms with Crippen LogP contribution in [0.25, 0.3) is 0 Å². The molecule has 4 heteroatoms. The third-order valence-corrected chi connectivity index (χ3v) is 3.54. The number of nitrogens with zero attached hydrogens (tertiary/aromatic N) is 1. The van der Waals surface area contributed by atoms with Crippen molar-refractivity contribution in [1.29, 1.82) is 0 Å². The van der Waals surface area contributed by atoms with E-state index in [-0.39, 0.29) is 0 Å². The first kappa shape index (κ1) is 11.9. The maximum absolute atomic E-state index is 11.2. The summed E-state index contributed by atoms with van der Waals surface area (Å²) < 4.78 is 5.56. The first-order chi connectivity index (χ1) is 8.11. The highest BCUT2D eigenvalue weighted by Crippen LogP contribution is 2.43. The lowest BCUT2D eigenvalue weighted by atomic mass is 9.68. The molecule has 0 unspecified atom stereocenters. The number of hydrogen-bond donors (Lipinski definition) is 1. The van der Waals surface area contributed by atoms with Crippen molar-refractivity contribution in [2.75, 3.05) is 6.61 Å². The van der Waals surface area contributed by atoms with Gasteiger partial charge in [-0.1, -0.05) is 13.3 Å². The van der Waals surface area contributed by atoms with E-state index >= 15 is 0 Å². The normalized spacial score (nSPS) is 17.2. The van der Waals surface area contributed by atoms with E-state index < -0.39 is 5.91 Å². The zero-order chi connectivity index (χ0) is 12.3. The molecule has 1 aromatic heterocycles. The number of pyridine rings is 1. The Kier molecular flexibility index (Phi) is 3.31. The van der Waals surface area contributed by atoms with E-state index in [4.69, 9.17) is 10.5 Å². The molecule has 17 heavy (non-hydrogen) atoms. The molecule has 1 heterocycles. The van der Waals surface area contributed by atoms with E-state index in [1.807, 2.05) is 0 Å².